The summed E-state index contributed by atoms with van der Waals surface area (Å²) in [6, 6.07) is 11.7. The lowest BCUT2D eigenvalue weighted by molar-refractivity contribution is 0.101. The molecule has 0 amide bonds. The molecule has 7 heteroatoms. The van der Waals surface area contributed by atoms with Crippen molar-refractivity contribution >= 4 is 33.1 Å². The van der Waals surface area contributed by atoms with Crippen molar-refractivity contribution in [3.8, 4) is 0 Å². The van der Waals surface area contributed by atoms with Crippen LogP contribution < -0.4 is 5.32 Å². The van der Waals surface area contributed by atoms with Crippen molar-refractivity contribution in [3.63, 3.8) is 0 Å². The standard InChI is InChI=1S/C19H21ClN2O3S/c1-14-17(20)8-5-9-18(14)21-13-19(23)15-6-4-7-16(12-15)26(24,25)22-10-2-3-11-22/h4-9,12,21H,2-3,10-11,13H2,1H3. The maximum Gasteiger partial charge on any atom is 0.243 e. The second-order valence-corrected chi connectivity index (χ2v) is 8.67. The Balaban J connectivity index is 1.75. The SMILES string of the molecule is Cc1c(Cl)cccc1NCC(=O)c1cccc(S(=O)(=O)N2CCCC2)c1. The molecule has 2 aromatic carbocycles. The molecule has 1 fully saturated rings. The molecule has 138 valence electrons. The number of Topliss-reactive ketones (excluding diaryl/α,β-unsaturated/α-hetero) is 1. The molecule has 0 spiro atoms. The smallest absolute Gasteiger partial charge is 0.243 e. The number of ketones is 1. The van der Waals surface area contributed by atoms with E-state index in [1.54, 1.807) is 24.3 Å². The Morgan fingerprint density at radius 3 is 2.58 bits per heavy atom. The molecule has 26 heavy (non-hydrogen) atoms. The molecule has 0 unspecified atom stereocenters. The lowest BCUT2D eigenvalue weighted by Gasteiger charge is -2.16. The summed E-state index contributed by atoms with van der Waals surface area (Å²) in [4.78, 5) is 12.7. The Morgan fingerprint density at radius 1 is 1.15 bits per heavy atom. The molecule has 1 saturated heterocycles. The topological polar surface area (TPSA) is 66.5 Å². The summed E-state index contributed by atoms with van der Waals surface area (Å²) in [5.74, 6) is -0.178. The largest absolute Gasteiger partial charge is 0.377 e. The molecule has 0 radical (unpaired) electrons. The summed E-state index contributed by atoms with van der Waals surface area (Å²) < 4.78 is 26.8. The maximum atomic E-state index is 12.7. The molecule has 0 aromatic heterocycles. The molecule has 1 aliphatic heterocycles. The van der Waals surface area contributed by atoms with E-state index in [0.717, 1.165) is 24.1 Å². The van der Waals surface area contributed by atoms with E-state index in [1.165, 1.54) is 10.4 Å². The summed E-state index contributed by atoms with van der Waals surface area (Å²) >= 11 is 6.08. The number of sulfonamides is 1. The van der Waals surface area contributed by atoms with Crippen molar-refractivity contribution in [1.82, 2.24) is 4.31 Å². The van der Waals surface area contributed by atoms with Crippen LogP contribution in [0.2, 0.25) is 5.02 Å². The van der Waals surface area contributed by atoms with E-state index in [9.17, 15) is 13.2 Å². The van der Waals surface area contributed by atoms with Crippen LogP contribution in [0.3, 0.4) is 0 Å². The van der Waals surface area contributed by atoms with E-state index in [1.807, 2.05) is 19.1 Å². The van der Waals surface area contributed by atoms with Crippen molar-refractivity contribution in [2.75, 3.05) is 25.0 Å². The van der Waals surface area contributed by atoms with Crippen molar-refractivity contribution in [2.45, 2.75) is 24.7 Å². The Labute approximate surface area is 159 Å². The molecule has 0 atom stereocenters. The first-order valence-electron chi connectivity index (χ1n) is 8.52. The number of nitrogens with one attached hydrogen (secondary N) is 1. The van der Waals surface area contributed by atoms with E-state index in [2.05, 4.69) is 5.32 Å². The van der Waals surface area contributed by atoms with Gasteiger partial charge in [-0.05, 0) is 49.6 Å². The number of benzene rings is 2. The maximum absolute atomic E-state index is 12.7. The number of carbonyl (C=O) groups excluding carboxylic acids is 1. The van der Waals surface area contributed by atoms with E-state index >= 15 is 0 Å². The Kier molecular flexibility index (Phi) is 5.65. The molecular formula is C19H21ClN2O3S. The minimum absolute atomic E-state index is 0.0639. The number of carbonyl (C=O) groups is 1. The summed E-state index contributed by atoms with van der Waals surface area (Å²) in [5.41, 5.74) is 2.02. The highest BCUT2D eigenvalue weighted by Crippen LogP contribution is 2.24. The van der Waals surface area contributed by atoms with Crippen molar-refractivity contribution < 1.29 is 13.2 Å². The van der Waals surface area contributed by atoms with Crippen molar-refractivity contribution in [3.05, 3.63) is 58.6 Å². The normalized spacial score (nSPS) is 15.2. The molecule has 1 aliphatic rings. The van der Waals surface area contributed by atoms with Crippen LogP contribution in [0.15, 0.2) is 47.4 Å². The van der Waals surface area contributed by atoms with Crippen LogP contribution in [-0.2, 0) is 10.0 Å². The van der Waals surface area contributed by atoms with Gasteiger partial charge in [0.1, 0.15) is 0 Å². The van der Waals surface area contributed by atoms with Crippen LogP contribution in [0.1, 0.15) is 28.8 Å². The molecule has 5 nitrogen and oxygen atoms in total. The van der Waals surface area contributed by atoms with Crippen LogP contribution >= 0.6 is 11.6 Å². The van der Waals surface area contributed by atoms with Crippen molar-refractivity contribution in [1.29, 1.82) is 0 Å². The predicted molar refractivity (Wildman–Crippen MR) is 103 cm³/mol. The van der Waals surface area contributed by atoms with Gasteiger partial charge >= 0.3 is 0 Å². The van der Waals surface area contributed by atoms with Crippen LogP contribution in [0.4, 0.5) is 5.69 Å². The van der Waals surface area contributed by atoms with Gasteiger partial charge < -0.3 is 5.32 Å². The minimum atomic E-state index is -3.53. The Bertz CT molecular complexity index is 922. The van der Waals surface area contributed by atoms with Gasteiger partial charge in [-0.15, -0.1) is 0 Å². The van der Waals surface area contributed by atoms with E-state index < -0.39 is 10.0 Å². The van der Waals surface area contributed by atoms with Gasteiger partial charge in [-0.25, -0.2) is 8.42 Å². The van der Waals surface area contributed by atoms with E-state index in [-0.39, 0.29) is 17.2 Å². The van der Waals surface area contributed by atoms with Gasteiger partial charge in [0.05, 0.1) is 11.4 Å². The van der Waals surface area contributed by atoms with Gasteiger partial charge in [0.15, 0.2) is 5.78 Å². The van der Waals surface area contributed by atoms with Gasteiger partial charge in [0.2, 0.25) is 10.0 Å². The first kappa shape index (κ1) is 18.9. The van der Waals surface area contributed by atoms with Gasteiger partial charge in [-0.3, -0.25) is 4.79 Å². The summed E-state index contributed by atoms with van der Waals surface area (Å²) in [5, 5.41) is 3.70. The number of anilines is 1. The molecule has 3 rings (SSSR count). The number of hydrogen-bond donors (Lipinski definition) is 1. The van der Waals surface area contributed by atoms with Gasteiger partial charge in [0.25, 0.3) is 0 Å². The molecule has 0 bridgehead atoms. The first-order valence-corrected chi connectivity index (χ1v) is 10.3. The van der Waals surface area contributed by atoms with E-state index in [4.69, 9.17) is 11.6 Å². The lowest BCUT2D eigenvalue weighted by atomic mass is 10.1. The molecule has 1 heterocycles. The van der Waals surface area contributed by atoms with Crippen LogP contribution in [0, 0.1) is 6.92 Å². The Hall–Kier alpha value is -1.89. The third kappa shape index (κ3) is 3.92. The molecule has 1 N–H and O–H groups in total. The monoisotopic (exact) mass is 392 g/mol. The highest BCUT2D eigenvalue weighted by molar-refractivity contribution is 7.89. The third-order valence-corrected chi connectivity index (χ3v) is 6.87. The van der Waals surface area contributed by atoms with Crippen LogP contribution in [-0.4, -0.2) is 38.1 Å². The highest BCUT2D eigenvalue weighted by atomic mass is 35.5. The second-order valence-electron chi connectivity index (χ2n) is 6.33. The lowest BCUT2D eigenvalue weighted by Crippen LogP contribution is -2.28. The predicted octanol–water partition coefficient (Wildman–Crippen LogP) is 3.73. The number of halogens is 1. The average molecular weight is 393 g/mol. The average Bonchev–Trinajstić information content (AvgIpc) is 3.18. The second kappa shape index (κ2) is 7.78. The Morgan fingerprint density at radius 2 is 1.85 bits per heavy atom. The third-order valence-electron chi connectivity index (χ3n) is 4.57. The van der Waals surface area contributed by atoms with Gasteiger partial charge in [-0.2, -0.15) is 4.31 Å². The zero-order valence-corrected chi connectivity index (χ0v) is 16.1. The number of nitrogens with zero attached hydrogens (tertiary/aromatic N) is 1. The summed E-state index contributed by atoms with van der Waals surface area (Å²) in [6.45, 7) is 3.01. The highest BCUT2D eigenvalue weighted by Gasteiger charge is 2.27. The van der Waals surface area contributed by atoms with E-state index in [0.29, 0.717) is 23.7 Å². The number of hydrogen-bond acceptors (Lipinski definition) is 4. The molecular weight excluding hydrogens is 372 g/mol. The fraction of sp³-hybridized carbons (Fsp3) is 0.316. The zero-order valence-electron chi connectivity index (χ0n) is 14.5. The number of rotatable bonds is 6. The zero-order chi connectivity index (χ0) is 18.7. The summed E-state index contributed by atoms with van der Waals surface area (Å²) in [7, 11) is -3.53. The first-order chi connectivity index (χ1) is 12.4. The van der Waals surface area contributed by atoms with Gasteiger partial charge in [-0.1, -0.05) is 29.8 Å². The van der Waals surface area contributed by atoms with Crippen LogP contribution in [0.5, 0.6) is 0 Å². The fourth-order valence-corrected chi connectivity index (χ4v) is 4.72. The van der Waals surface area contributed by atoms with Gasteiger partial charge in [0, 0.05) is 29.4 Å². The molecule has 0 aliphatic carbocycles. The summed E-state index contributed by atoms with van der Waals surface area (Å²) in [6.07, 6.45) is 1.75. The fourth-order valence-electron chi connectivity index (χ4n) is 2.98. The minimum Gasteiger partial charge on any atom is -0.377 e. The van der Waals surface area contributed by atoms with Crippen molar-refractivity contribution in [2.24, 2.45) is 0 Å². The molecule has 2 aromatic rings. The van der Waals surface area contributed by atoms with Crippen LogP contribution in [0.25, 0.3) is 0 Å². The quantitative estimate of drug-likeness (QED) is 0.760. The molecule has 0 saturated carbocycles.